The van der Waals surface area contributed by atoms with Crippen LogP contribution in [0.25, 0.3) is 0 Å². The van der Waals surface area contributed by atoms with Crippen LogP contribution in [0.3, 0.4) is 0 Å². The van der Waals surface area contributed by atoms with Crippen molar-refractivity contribution in [3.8, 4) is 0 Å². The first-order chi connectivity index (χ1) is 6.12. The molecule has 14 heavy (non-hydrogen) atoms. The molecule has 0 radical (unpaired) electrons. The minimum atomic E-state index is -4.74. The lowest BCUT2D eigenvalue weighted by Crippen LogP contribution is -2.23. The van der Waals surface area contributed by atoms with Gasteiger partial charge in [0.15, 0.2) is 5.82 Å². The van der Waals surface area contributed by atoms with Crippen LogP contribution in [-0.4, -0.2) is 9.78 Å². The van der Waals surface area contributed by atoms with Gasteiger partial charge in [-0.3, -0.25) is 4.68 Å². The molecule has 1 aromatic heterocycles. The minimum absolute atomic E-state index is 0.662. The van der Waals surface area contributed by atoms with E-state index < -0.39 is 23.2 Å². The summed E-state index contributed by atoms with van der Waals surface area (Å²) >= 11 is 0. The maximum atomic E-state index is 12.8. The summed E-state index contributed by atoms with van der Waals surface area (Å²) < 4.78 is 50.2. The van der Waals surface area contributed by atoms with Gasteiger partial charge in [-0.1, -0.05) is 0 Å². The largest absolute Gasteiger partial charge is 0.438 e. The predicted molar refractivity (Wildman–Crippen MR) is 42.2 cm³/mol. The summed E-state index contributed by atoms with van der Waals surface area (Å²) in [6, 6.07) is 0. The third-order valence-corrected chi connectivity index (χ3v) is 1.63. The van der Waals surface area contributed by atoms with Crippen LogP contribution in [0.4, 0.5) is 17.6 Å². The Hall–Kier alpha value is -1.07. The molecule has 6 heteroatoms. The van der Waals surface area contributed by atoms with Gasteiger partial charge in [-0.05, 0) is 20.8 Å². The van der Waals surface area contributed by atoms with E-state index in [1.807, 2.05) is 0 Å². The molecule has 0 aliphatic rings. The molecule has 1 heterocycles. The van der Waals surface area contributed by atoms with E-state index in [1.165, 1.54) is 0 Å². The quantitative estimate of drug-likeness (QED) is 0.602. The Balaban J connectivity index is 3.19. The average molecular weight is 210 g/mol. The summed E-state index contributed by atoms with van der Waals surface area (Å²) in [5.74, 6) is -1.34. The fraction of sp³-hybridized carbons (Fsp3) is 0.625. The van der Waals surface area contributed by atoms with Crippen molar-refractivity contribution >= 4 is 0 Å². The maximum Gasteiger partial charge on any atom is 0.438 e. The molecule has 0 aliphatic carbocycles. The highest BCUT2D eigenvalue weighted by atomic mass is 19.4. The van der Waals surface area contributed by atoms with Gasteiger partial charge in [-0.15, -0.1) is 0 Å². The van der Waals surface area contributed by atoms with Crippen LogP contribution in [-0.2, 0) is 11.7 Å². The van der Waals surface area contributed by atoms with Crippen molar-refractivity contribution in [3.63, 3.8) is 0 Å². The highest BCUT2D eigenvalue weighted by Crippen LogP contribution is 2.30. The predicted octanol–water partition coefficient (Wildman–Crippen LogP) is 2.80. The summed E-state index contributed by atoms with van der Waals surface area (Å²) in [7, 11) is 0. The van der Waals surface area contributed by atoms with Crippen LogP contribution in [0.15, 0.2) is 6.20 Å². The van der Waals surface area contributed by atoms with Crippen LogP contribution in [0.2, 0.25) is 0 Å². The molecule has 0 unspecified atom stereocenters. The van der Waals surface area contributed by atoms with Crippen molar-refractivity contribution in [1.82, 2.24) is 9.78 Å². The van der Waals surface area contributed by atoms with Gasteiger partial charge in [0.05, 0.1) is 11.7 Å². The highest BCUT2D eigenvalue weighted by Gasteiger charge is 2.38. The van der Waals surface area contributed by atoms with Gasteiger partial charge >= 0.3 is 6.18 Å². The summed E-state index contributed by atoms with van der Waals surface area (Å²) in [5, 5.41) is 3.17. The third-order valence-electron chi connectivity index (χ3n) is 1.63. The van der Waals surface area contributed by atoms with Crippen molar-refractivity contribution in [1.29, 1.82) is 0 Å². The highest BCUT2D eigenvalue weighted by molar-refractivity contribution is 5.08. The number of nitrogens with zero attached hydrogens (tertiary/aromatic N) is 2. The van der Waals surface area contributed by atoms with E-state index >= 15 is 0 Å². The van der Waals surface area contributed by atoms with Crippen molar-refractivity contribution in [2.75, 3.05) is 0 Å². The Morgan fingerprint density at radius 3 is 1.93 bits per heavy atom. The topological polar surface area (TPSA) is 17.8 Å². The smallest absolute Gasteiger partial charge is 0.264 e. The van der Waals surface area contributed by atoms with Crippen molar-refractivity contribution in [2.24, 2.45) is 0 Å². The lowest BCUT2D eigenvalue weighted by Gasteiger charge is -2.18. The minimum Gasteiger partial charge on any atom is -0.264 e. The summed E-state index contributed by atoms with van der Waals surface area (Å²) in [5.41, 5.74) is -2.13. The molecule has 0 N–H and O–H groups in total. The molecule has 1 rings (SSSR count). The fourth-order valence-corrected chi connectivity index (χ4v) is 0.889. The molecule has 2 nitrogen and oxygen atoms in total. The van der Waals surface area contributed by atoms with Gasteiger partial charge in [-0.2, -0.15) is 18.3 Å². The number of rotatable bonds is 0. The van der Waals surface area contributed by atoms with Crippen molar-refractivity contribution in [3.05, 3.63) is 17.7 Å². The standard InChI is InChI=1S/C8H10F4N2/c1-7(2,3)14-4-5(9)6(13-14)8(10,11)12/h4H,1-3H3. The first-order valence-corrected chi connectivity index (χ1v) is 3.95. The number of aromatic nitrogens is 2. The van der Waals surface area contributed by atoms with Gasteiger partial charge in [-0.25, -0.2) is 4.39 Å². The Bertz CT molecular complexity index is 332. The lowest BCUT2D eigenvalue weighted by molar-refractivity contribution is -0.143. The van der Waals surface area contributed by atoms with E-state index in [0.29, 0.717) is 0 Å². The molecular weight excluding hydrogens is 200 g/mol. The zero-order valence-corrected chi connectivity index (χ0v) is 7.98. The summed E-state index contributed by atoms with van der Waals surface area (Å²) in [6.07, 6.45) is -3.98. The second-order valence-corrected chi connectivity index (χ2v) is 3.94. The van der Waals surface area contributed by atoms with Crippen molar-refractivity contribution in [2.45, 2.75) is 32.5 Å². The van der Waals surface area contributed by atoms with E-state index in [-0.39, 0.29) is 0 Å². The third kappa shape index (κ3) is 2.05. The molecule has 0 saturated heterocycles. The van der Waals surface area contributed by atoms with Gasteiger partial charge in [0.1, 0.15) is 0 Å². The van der Waals surface area contributed by atoms with E-state index in [4.69, 9.17) is 0 Å². The van der Waals surface area contributed by atoms with Gasteiger partial charge in [0.2, 0.25) is 5.69 Å². The Morgan fingerprint density at radius 1 is 1.21 bits per heavy atom. The van der Waals surface area contributed by atoms with Gasteiger partial charge in [0.25, 0.3) is 0 Å². The zero-order chi connectivity index (χ0) is 11.1. The van der Waals surface area contributed by atoms with Crippen LogP contribution < -0.4 is 0 Å². The molecular formula is C8H10F4N2. The molecule has 0 spiro atoms. The zero-order valence-electron chi connectivity index (χ0n) is 7.98. The average Bonchev–Trinajstić information content (AvgIpc) is 2.27. The molecule has 0 aromatic carbocycles. The van der Waals surface area contributed by atoms with Crippen LogP contribution in [0.1, 0.15) is 26.5 Å². The fourth-order valence-electron chi connectivity index (χ4n) is 0.889. The lowest BCUT2D eigenvalue weighted by atomic mass is 10.1. The normalized spacial score (nSPS) is 13.4. The molecule has 0 saturated carbocycles. The molecule has 0 amide bonds. The SMILES string of the molecule is CC(C)(C)n1cc(F)c(C(F)(F)F)n1. The number of alkyl halides is 3. The number of hydrogen-bond acceptors (Lipinski definition) is 1. The Morgan fingerprint density at radius 2 is 1.71 bits per heavy atom. The first-order valence-electron chi connectivity index (χ1n) is 3.95. The van der Waals surface area contributed by atoms with E-state index in [0.717, 1.165) is 10.9 Å². The number of halogens is 4. The molecule has 0 atom stereocenters. The second kappa shape index (κ2) is 2.96. The molecule has 0 aliphatic heterocycles. The van der Waals surface area contributed by atoms with Gasteiger partial charge < -0.3 is 0 Å². The first kappa shape index (κ1) is 11.0. The monoisotopic (exact) mass is 210 g/mol. The van der Waals surface area contributed by atoms with Crippen LogP contribution in [0, 0.1) is 5.82 Å². The Labute approximate surface area is 78.5 Å². The van der Waals surface area contributed by atoms with Crippen LogP contribution in [0.5, 0.6) is 0 Å². The second-order valence-electron chi connectivity index (χ2n) is 3.94. The summed E-state index contributed by atoms with van der Waals surface area (Å²) in [4.78, 5) is 0. The van der Waals surface area contributed by atoms with Gasteiger partial charge in [0, 0.05) is 0 Å². The van der Waals surface area contributed by atoms with Crippen LogP contribution >= 0.6 is 0 Å². The Kier molecular flexibility index (Phi) is 2.33. The number of hydrogen-bond donors (Lipinski definition) is 0. The van der Waals surface area contributed by atoms with E-state index in [2.05, 4.69) is 5.10 Å². The molecule has 1 aromatic rings. The molecule has 0 bridgehead atoms. The molecule has 0 fully saturated rings. The molecule has 80 valence electrons. The van der Waals surface area contributed by atoms with Crippen molar-refractivity contribution < 1.29 is 17.6 Å². The van der Waals surface area contributed by atoms with E-state index in [1.54, 1.807) is 20.8 Å². The maximum absolute atomic E-state index is 12.8. The summed E-state index contributed by atoms with van der Waals surface area (Å²) in [6.45, 7) is 4.92. The van der Waals surface area contributed by atoms with E-state index in [9.17, 15) is 17.6 Å².